The molecule has 0 fully saturated rings. The van der Waals surface area contributed by atoms with Crippen LogP contribution in [0.5, 0.6) is 0 Å². The first kappa shape index (κ1) is 24.9. The summed E-state index contributed by atoms with van der Waals surface area (Å²) >= 11 is 0. The van der Waals surface area contributed by atoms with Crippen molar-refractivity contribution in [1.82, 2.24) is 20.9 Å². The second kappa shape index (κ2) is 13.2. The highest BCUT2D eigenvalue weighted by Crippen LogP contribution is 2.11. The van der Waals surface area contributed by atoms with Crippen LogP contribution in [0.4, 0.5) is 0 Å². The van der Waals surface area contributed by atoms with Gasteiger partial charge in [0.2, 0.25) is 0 Å². The second-order valence-electron chi connectivity index (χ2n) is 6.96. The van der Waals surface area contributed by atoms with Crippen LogP contribution in [0.15, 0.2) is 59.6 Å². The van der Waals surface area contributed by atoms with Crippen LogP contribution in [0.2, 0.25) is 0 Å². The van der Waals surface area contributed by atoms with Gasteiger partial charge in [0, 0.05) is 32.2 Å². The Morgan fingerprint density at radius 2 is 1.79 bits per heavy atom. The number of carbonyl (C=O) groups is 1. The van der Waals surface area contributed by atoms with Crippen LogP contribution in [-0.2, 0) is 6.54 Å². The smallest absolute Gasteiger partial charge is 0.251 e. The SMILES string of the molecule is CN=C(NCc1cccc(C(=O)NCCN(C)C)c1)NC(C)c1ccccc1.I. The molecule has 0 aliphatic carbocycles. The maximum atomic E-state index is 12.3. The molecule has 6 nitrogen and oxygen atoms in total. The van der Waals surface area contributed by atoms with Gasteiger partial charge in [-0.3, -0.25) is 9.79 Å². The van der Waals surface area contributed by atoms with Crippen molar-refractivity contribution in [3.8, 4) is 0 Å². The van der Waals surface area contributed by atoms with Crippen molar-refractivity contribution >= 4 is 35.8 Å². The number of nitrogens with one attached hydrogen (secondary N) is 3. The number of hydrogen-bond acceptors (Lipinski definition) is 3. The lowest BCUT2D eigenvalue weighted by atomic mass is 10.1. The minimum Gasteiger partial charge on any atom is -0.352 e. The number of nitrogens with zero attached hydrogens (tertiary/aromatic N) is 2. The number of likely N-dealkylation sites (N-methyl/N-ethyl adjacent to an activating group) is 1. The number of guanidine groups is 1. The molecule has 0 radical (unpaired) electrons. The minimum absolute atomic E-state index is 0. The fourth-order valence-corrected chi connectivity index (χ4v) is 2.73. The van der Waals surface area contributed by atoms with E-state index in [-0.39, 0.29) is 35.9 Å². The molecular formula is C22H32IN5O. The van der Waals surface area contributed by atoms with Gasteiger partial charge in [0.05, 0.1) is 6.04 Å². The zero-order chi connectivity index (χ0) is 20.4. The molecular weight excluding hydrogens is 477 g/mol. The lowest BCUT2D eigenvalue weighted by Crippen LogP contribution is -2.38. The molecule has 1 atom stereocenters. The zero-order valence-corrected chi connectivity index (χ0v) is 19.9. The highest BCUT2D eigenvalue weighted by Gasteiger charge is 2.09. The summed E-state index contributed by atoms with van der Waals surface area (Å²) in [7, 11) is 5.72. The summed E-state index contributed by atoms with van der Waals surface area (Å²) in [5.41, 5.74) is 2.89. The van der Waals surface area contributed by atoms with Crippen LogP contribution in [0, 0.1) is 0 Å². The van der Waals surface area contributed by atoms with Crippen LogP contribution >= 0.6 is 24.0 Å². The average Bonchev–Trinajstić information content (AvgIpc) is 2.71. The predicted octanol–water partition coefficient (Wildman–Crippen LogP) is 3.02. The third kappa shape index (κ3) is 8.82. The van der Waals surface area contributed by atoms with Crippen molar-refractivity contribution in [2.24, 2.45) is 4.99 Å². The summed E-state index contributed by atoms with van der Waals surface area (Å²) in [6, 6.07) is 18.0. The first-order valence-electron chi connectivity index (χ1n) is 9.53. The molecule has 0 aliphatic rings. The van der Waals surface area contributed by atoms with Crippen molar-refractivity contribution in [2.75, 3.05) is 34.2 Å². The summed E-state index contributed by atoms with van der Waals surface area (Å²) in [5.74, 6) is 0.668. The van der Waals surface area contributed by atoms with Gasteiger partial charge < -0.3 is 20.9 Å². The zero-order valence-electron chi connectivity index (χ0n) is 17.6. The van der Waals surface area contributed by atoms with E-state index in [0.29, 0.717) is 18.7 Å². The number of carbonyl (C=O) groups excluding carboxylic acids is 1. The quantitative estimate of drug-likeness (QED) is 0.291. The van der Waals surface area contributed by atoms with E-state index >= 15 is 0 Å². The van der Waals surface area contributed by atoms with Crippen LogP contribution in [0.25, 0.3) is 0 Å². The van der Waals surface area contributed by atoms with Gasteiger partial charge in [-0.25, -0.2) is 0 Å². The molecule has 0 heterocycles. The monoisotopic (exact) mass is 509 g/mol. The Balaban J connectivity index is 0.00000420. The molecule has 0 aliphatic heterocycles. The maximum Gasteiger partial charge on any atom is 0.251 e. The number of rotatable bonds is 8. The van der Waals surface area contributed by atoms with E-state index < -0.39 is 0 Å². The molecule has 2 aromatic carbocycles. The molecule has 2 rings (SSSR count). The Morgan fingerprint density at radius 1 is 1.07 bits per heavy atom. The highest BCUT2D eigenvalue weighted by atomic mass is 127. The third-order valence-corrected chi connectivity index (χ3v) is 4.37. The van der Waals surface area contributed by atoms with Crippen molar-refractivity contribution < 1.29 is 4.79 Å². The first-order chi connectivity index (χ1) is 13.5. The van der Waals surface area contributed by atoms with E-state index in [1.165, 1.54) is 5.56 Å². The molecule has 0 saturated heterocycles. The summed E-state index contributed by atoms with van der Waals surface area (Å²) in [5, 5.41) is 9.64. The molecule has 3 N–H and O–H groups in total. The topological polar surface area (TPSA) is 68.8 Å². The molecule has 158 valence electrons. The summed E-state index contributed by atoms with van der Waals surface area (Å²) in [4.78, 5) is 18.6. The summed E-state index contributed by atoms with van der Waals surface area (Å²) in [6.45, 7) is 4.12. The van der Waals surface area contributed by atoms with Gasteiger partial charge in [0.1, 0.15) is 0 Å². The third-order valence-electron chi connectivity index (χ3n) is 4.37. The van der Waals surface area contributed by atoms with Crippen LogP contribution in [-0.4, -0.2) is 51.0 Å². The summed E-state index contributed by atoms with van der Waals surface area (Å²) in [6.07, 6.45) is 0. The van der Waals surface area contributed by atoms with Crippen molar-refractivity contribution in [3.05, 3.63) is 71.3 Å². The molecule has 1 unspecified atom stereocenters. The Labute approximate surface area is 191 Å². The maximum absolute atomic E-state index is 12.3. The first-order valence-corrected chi connectivity index (χ1v) is 9.53. The average molecular weight is 509 g/mol. The molecule has 0 spiro atoms. The van der Waals surface area contributed by atoms with E-state index in [9.17, 15) is 4.79 Å². The van der Waals surface area contributed by atoms with E-state index in [1.54, 1.807) is 7.05 Å². The summed E-state index contributed by atoms with van der Waals surface area (Å²) < 4.78 is 0. The van der Waals surface area contributed by atoms with Gasteiger partial charge in [-0.2, -0.15) is 0 Å². The number of benzene rings is 2. The van der Waals surface area contributed by atoms with Gasteiger partial charge in [-0.05, 0) is 44.3 Å². The number of amides is 1. The molecule has 2 aromatic rings. The van der Waals surface area contributed by atoms with Gasteiger partial charge in [0.25, 0.3) is 5.91 Å². The fourth-order valence-electron chi connectivity index (χ4n) is 2.73. The normalized spacial score (nSPS) is 12.1. The van der Waals surface area contributed by atoms with E-state index in [0.717, 1.165) is 18.1 Å². The van der Waals surface area contributed by atoms with Crippen molar-refractivity contribution in [3.63, 3.8) is 0 Å². The Kier molecular flexibility index (Phi) is 11.3. The van der Waals surface area contributed by atoms with Gasteiger partial charge >= 0.3 is 0 Å². The molecule has 0 saturated carbocycles. The lowest BCUT2D eigenvalue weighted by Gasteiger charge is -2.18. The van der Waals surface area contributed by atoms with E-state index in [4.69, 9.17) is 0 Å². The molecule has 7 heteroatoms. The molecule has 29 heavy (non-hydrogen) atoms. The largest absolute Gasteiger partial charge is 0.352 e. The van der Waals surface area contributed by atoms with Crippen LogP contribution in [0.1, 0.15) is 34.5 Å². The molecule has 1 amide bonds. The van der Waals surface area contributed by atoms with Gasteiger partial charge in [0.15, 0.2) is 5.96 Å². The molecule has 0 aromatic heterocycles. The van der Waals surface area contributed by atoms with Crippen LogP contribution < -0.4 is 16.0 Å². The van der Waals surface area contributed by atoms with Gasteiger partial charge in [-0.1, -0.05) is 42.5 Å². The Morgan fingerprint density at radius 3 is 2.45 bits per heavy atom. The molecule has 0 bridgehead atoms. The second-order valence-corrected chi connectivity index (χ2v) is 6.96. The minimum atomic E-state index is -0.0519. The van der Waals surface area contributed by atoms with Crippen LogP contribution in [0.3, 0.4) is 0 Å². The fraction of sp³-hybridized carbons (Fsp3) is 0.364. The van der Waals surface area contributed by atoms with Crippen molar-refractivity contribution in [1.29, 1.82) is 0 Å². The lowest BCUT2D eigenvalue weighted by molar-refractivity contribution is 0.0951. The number of halogens is 1. The standard InChI is InChI=1S/C22H31N5O.HI/c1-17(19-10-6-5-7-11-19)26-22(23-2)25-16-18-9-8-12-20(15-18)21(28)24-13-14-27(3)4;/h5-12,15,17H,13-14,16H2,1-4H3,(H,24,28)(H2,23,25,26);1H. The Hall–Kier alpha value is -2.13. The Bertz CT molecular complexity index is 780. The van der Waals surface area contributed by atoms with Gasteiger partial charge in [-0.15, -0.1) is 24.0 Å². The predicted molar refractivity (Wildman–Crippen MR) is 131 cm³/mol. The van der Waals surface area contributed by atoms with E-state index in [2.05, 4.69) is 40.0 Å². The van der Waals surface area contributed by atoms with Crippen molar-refractivity contribution in [2.45, 2.75) is 19.5 Å². The highest BCUT2D eigenvalue weighted by molar-refractivity contribution is 14.0. The van der Waals surface area contributed by atoms with E-state index in [1.807, 2.05) is 61.5 Å². The number of aliphatic imine (C=N–C) groups is 1. The number of hydrogen-bond donors (Lipinski definition) is 3.